The molecule has 1 atom stereocenters. The van der Waals surface area contributed by atoms with Crippen LogP contribution in [0.5, 0.6) is 5.75 Å². The van der Waals surface area contributed by atoms with Crippen LogP contribution in [-0.2, 0) is 16.0 Å². The Balaban J connectivity index is 1.63. The van der Waals surface area contributed by atoms with Gasteiger partial charge in [0.1, 0.15) is 23.5 Å². The molecule has 2 aromatic carbocycles. The highest BCUT2D eigenvalue weighted by atomic mass is 16.5. The molecule has 2 aliphatic rings. The van der Waals surface area contributed by atoms with E-state index in [1.807, 2.05) is 49.5 Å². The molecule has 5 rings (SSSR count). The molecule has 0 aliphatic carbocycles. The van der Waals surface area contributed by atoms with E-state index in [0.29, 0.717) is 29.8 Å². The van der Waals surface area contributed by atoms with Crippen LogP contribution in [0.15, 0.2) is 65.4 Å². The van der Waals surface area contributed by atoms with Gasteiger partial charge in [-0.15, -0.1) is 0 Å². The number of amides is 2. The lowest BCUT2D eigenvalue weighted by Gasteiger charge is -2.27. The van der Waals surface area contributed by atoms with E-state index >= 15 is 0 Å². The van der Waals surface area contributed by atoms with Gasteiger partial charge in [-0.2, -0.15) is 10.4 Å². The first-order chi connectivity index (χ1) is 19.3. The highest BCUT2D eigenvalue weighted by molar-refractivity contribution is 6.19. The fourth-order valence-electron chi connectivity index (χ4n) is 5.47. The number of para-hydroxylation sites is 1. The smallest absolute Gasteiger partial charge is 0.271 e. The quantitative estimate of drug-likeness (QED) is 0.191. The highest BCUT2D eigenvalue weighted by Crippen LogP contribution is 2.38. The number of fused-ring (bicyclic) bond motifs is 1. The third-order valence-electron chi connectivity index (χ3n) is 7.58. The van der Waals surface area contributed by atoms with Gasteiger partial charge in [-0.25, -0.2) is 4.68 Å². The Labute approximate surface area is 235 Å². The topological polar surface area (TPSA) is 88.2 Å². The number of hydrogen-bond donors (Lipinski definition) is 0. The molecule has 0 radical (unpaired) electrons. The number of hydrogen-bond acceptors (Lipinski definition) is 5. The zero-order valence-corrected chi connectivity index (χ0v) is 23.5. The molecule has 2 amide bonds. The Kier molecular flexibility index (Phi) is 7.70. The van der Waals surface area contributed by atoms with Crippen LogP contribution in [-0.4, -0.2) is 39.1 Å². The molecule has 0 N–H and O–H groups in total. The number of nitrogens with zero attached hydrogens (tertiary/aromatic N) is 4. The minimum atomic E-state index is -0.512. The lowest BCUT2D eigenvalue weighted by molar-refractivity contribution is -0.140. The van der Waals surface area contributed by atoms with Gasteiger partial charge in [0.2, 0.25) is 0 Å². The predicted octanol–water partition coefficient (Wildman–Crippen LogP) is 6.34. The number of ether oxygens (including phenoxy) is 1. The summed E-state index contributed by atoms with van der Waals surface area (Å²) in [6.07, 6.45) is 8.33. The van der Waals surface area contributed by atoms with Gasteiger partial charge in [0.25, 0.3) is 11.8 Å². The zero-order valence-electron chi connectivity index (χ0n) is 23.5. The van der Waals surface area contributed by atoms with Crippen LogP contribution in [0.4, 0.5) is 0 Å². The number of aromatic nitrogens is 2. The lowest BCUT2D eigenvalue weighted by atomic mass is 9.92. The van der Waals surface area contributed by atoms with E-state index in [0.717, 1.165) is 59.4 Å². The van der Waals surface area contributed by atoms with Crippen molar-refractivity contribution in [3.05, 3.63) is 82.1 Å². The summed E-state index contributed by atoms with van der Waals surface area (Å²) in [4.78, 5) is 28.0. The van der Waals surface area contributed by atoms with Crippen molar-refractivity contribution in [3.8, 4) is 28.8 Å². The third-order valence-corrected chi connectivity index (χ3v) is 7.58. The fourth-order valence-corrected chi connectivity index (χ4v) is 5.47. The van der Waals surface area contributed by atoms with E-state index in [-0.39, 0.29) is 17.6 Å². The van der Waals surface area contributed by atoms with E-state index in [2.05, 4.69) is 26.0 Å². The molecule has 0 saturated heterocycles. The van der Waals surface area contributed by atoms with E-state index in [1.165, 1.54) is 4.90 Å². The summed E-state index contributed by atoms with van der Waals surface area (Å²) >= 11 is 0. The molecule has 40 heavy (non-hydrogen) atoms. The van der Waals surface area contributed by atoms with Crippen LogP contribution in [0.1, 0.15) is 63.1 Å². The number of carbonyl (C=O) groups excluding carboxylic acids is 2. The largest absolute Gasteiger partial charge is 0.490 e. The van der Waals surface area contributed by atoms with Gasteiger partial charge < -0.3 is 4.74 Å². The van der Waals surface area contributed by atoms with Gasteiger partial charge in [-0.1, -0.05) is 44.4 Å². The van der Waals surface area contributed by atoms with Gasteiger partial charge in [-0.3, -0.25) is 14.5 Å². The summed E-state index contributed by atoms with van der Waals surface area (Å²) in [5, 5.41) is 14.8. The molecule has 1 aromatic heterocycles. The summed E-state index contributed by atoms with van der Waals surface area (Å²) in [5.74, 6) is 0.0433. The van der Waals surface area contributed by atoms with E-state index in [1.54, 1.807) is 17.7 Å². The summed E-state index contributed by atoms with van der Waals surface area (Å²) in [6, 6.07) is 16.0. The van der Waals surface area contributed by atoms with Crippen molar-refractivity contribution in [3.63, 3.8) is 0 Å². The summed E-state index contributed by atoms with van der Waals surface area (Å²) in [6.45, 7) is 8.18. The van der Waals surface area contributed by atoms with Gasteiger partial charge in [0.15, 0.2) is 0 Å². The minimum Gasteiger partial charge on any atom is -0.490 e. The highest BCUT2D eigenvalue weighted by Gasteiger charge is 2.35. The van der Waals surface area contributed by atoms with Crippen molar-refractivity contribution >= 4 is 17.9 Å². The number of rotatable bonds is 8. The van der Waals surface area contributed by atoms with Crippen LogP contribution in [0, 0.1) is 18.3 Å². The Morgan fingerprint density at radius 2 is 1.88 bits per heavy atom. The first-order valence-corrected chi connectivity index (χ1v) is 14.0. The zero-order chi connectivity index (χ0) is 28.4. The van der Waals surface area contributed by atoms with Crippen molar-refractivity contribution < 1.29 is 14.3 Å². The van der Waals surface area contributed by atoms with Gasteiger partial charge in [0, 0.05) is 35.9 Å². The van der Waals surface area contributed by atoms with Crippen molar-refractivity contribution in [2.75, 3.05) is 6.54 Å². The first kappa shape index (κ1) is 27.1. The van der Waals surface area contributed by atoms with Crippen LogP contribution < -0.4 is 4.74 Å². The molecule has 2 aliphatic heterocycles. The summed E-state index contributed by atoms with van der Waals surface area (Å²) in [7, 11) is 0. The van der Waals surface area contributed by atoms with Crippen LogP contribution in [0.25, 0.3) is 23.0 Å². The number of aryl methyl sites for hydroxylation is 1. The molecule has 204 valence electrons. The number of carbonyl (C=O) groups is 2. The fraction of sp³-hybridized carbons (Fsp3) is 0.333. The van der Waals surface area contributed by atoms with E-state index in [9.17, 15) is 14.9 Å². The number of benzene rings is 2. The third kappa shape index (κ3) is 5.10. The molecule has 1 unspecified atom stereocenters. The van der Waals surface area contributed by atoms with Crippen molar-refractivity contribution in [2.45, 2.75) is 65.9 Å². The minimum absolute atomic E-state index is 0.0119. The lowest BCUT2D eigenvalue weighted by Crippen LogP contribution is -2.43. The van der Waals surface area contributed by atoms with Crippen LogP contribution >= 0.6 is 0 Å². The predicted molar refractivity (Wildman–Crippen MR) is 155 cm³/mol. The second kappa shape index (κ2) is 11.4. The standard InChI is InChI=1S/C33H34N4O3/c1-5-6-7-11-14-36-32(38)28(23(4)29(19-34)33(36)39)18-26-20-37(27-12-9-8-10-13-27)35-30(26)24-15-21(2)31-25(17-24)16-22(3)40-31/h8-10,12-13,15,17-18,20,22H,5-7,11,14,16H2,1-4H3/b28-18+. The monoisotopic (exact) mass is 534 g/mol. The van der Waals surface area contributed by atoms with Crippen LogP contribution in [0.3, 0.4) is 0 Å². The Morgan fingerprint density at radius 1 is 1.10 bits per heavy atom. The van der Waals surface area contributed by atoms with E-state index in [4.69, 9.17) is 9.84 Å². The maximum atomic E-state index is 13.7. The summed E-state index contributed by atoms with van der Waals surface area (Å²) < 4.78 is 7.82. The molecule has 3 aromatic rings. The second-order valence-electron chi connectivity index (χ2n) is 10.6. The average Bonchev–Trinajstić information content (AvgIpc) is 3.54. The molecule has 0 spiro atoms. The average molecular weight is 535 g/mol. The van der Waals surface area contributed by atoms with Crippen LogP contribution in [0.2, 0.25) is 0 Å². The molecule has 7 nitrogen and oxygen atoms in total. The molecule has 0 bridgehead atoms. The molecule has 0 fully saturated rings. The van der Waals surface area contributed by atoms with Gasteiger partial charge in [-0.05, 0) is 74.2 Å². The van der Waals surface area contributed by atoms with Gasteiger partial charge in [0.05, 0.1) is 11.4 Å². The van der Waals surface area contributed by atoms with Crippen molar-refractivity contribution in [1.29, 1.82) is 5.26 Å². The van der Waals surface area contributed by atoms with E-state index < -0.39 is 5.91 Å². The SMILES string of the molecule is CCCCCCN1C(=O)C(C#N)=C(C)/C(=C\c2cn(-c3ccccc3)nc2-c2cc(C)c3c(c2)CC(C)O3)C1=O. The molecule has 0 saturated carbocycles. The molecule has 3 heterocycles. The maximum absolute atomic E-state index is 13.7. The molecular formula is C33H34N4O3. The Morgan fingerprint density at radius 3 is 2.60 bits per heavy atom. The number of imide groups is 1. The first-order valence-electron chi connectivity index (χ1n) is 14.0. The Bertz CT molecular complexity index is 1570. The summed E-state index contributed by atoms with van der Waals surface area (Å²) in [5.41, 5.74) is 6.18. The number of nitriles is 1. The Hall–Kier alpha value is -4.44. The normalized spacial score (nSPS) is 17.8. The van der Waals surface area contributed by atoms with Gasteiger partial charge >= 0.3 is 0 Å². The molecular weight excluding hydrogens is 500 g/mol. The molecule has 7 heteroatoms. The van der Waals surface area contributed by atoms with Crippen molar-refractivity contribution in [2.24, 2.45) is 0 Å². The maximum Gasteiger partial charge on any atom is 0.271 e. The van der Waals surface area contributed by atoms with Crippen molar-refractivity contribution in [1.82, 2.24) is 14.7 Å². The number of unbranched alkanes of at least 4 members (excludes halogenated alkanes) is 3. The second-order valence-corrected chi connectivity index (χ2v) is 10.6.